The average molecular weight is 317 g/mol. The van der Waals surface area contributed by atoms with E-state index in [-0.39, 0.29) is 23.7 Å². The second kappa shape index (κ2) is 7.32. The maximum Gasteiger partial charge on any atom is 0.299 e. The van der Waals surface area contributed by atoms with Crippen molar-refractivity contribution in [3.8, 4) is 0 Å². The Labute approximate surface area is 131 Å². The summed E-state index contributed by atoms with van der Waals surface area (Å²) in [6.07, 6.45) is 0.625. The summed E-state index contributed by atoms with van der Waals surface area (Å²) in [4.78, 5) is 20.4. The average Bonchev–Trinajstić information content (AvgIpc) is 2.55. The molecule has 0 aliphatic carbocycles. The third-order valence-electron chi connectivity index (χ3n) is 3.32. The van der Waals surface area contributed by atoms with Crippen molar-refractivity contribution in [1.29, 1.82) is 0 Å². The Morgan fingerprint density at radius 2 is 1.61 bits per heavy atom. The maximum absolute atomic E-state index is 11.0. The third-order valence-corrected chi connectivity index (χ3v) is 3.32. The summed E-state index contributed by atoms with van der Waals surface area (Å²) in [6.45, 7) is 0.421. The van der Waals surface area contributed by atoms with Gasteiger partial charge in [0.2, 0.25) is 0 Å². The predicted molar refractivity (Wildman–Crippen MR) is 84.3 cm³/mol. The number of anilines is 1. The Kier molecular flexibility index (Phi) is 5.21. The number of rotatable bonds is 7. The molecule has 0 aliphatic heterocycles. The standard InChI is InChI=1S/C15H15N3O5/c19-10-12-3-1-11(2-4-12)7-8-16-14-6-5-13(17(20)21)9-15(14)18(22)23/h1-6,9,16,19H,7-8,10H2. The molecule has 0 unspecified atom stereocenters. The Morgan fingerprint density at radius 1 is 0.957 bits per heavy atom. The lowest BCUT2D eigenvalue weighted by atomic mass is 10.1. The Bertz CT molecular complexity index is 716. The van der Waals surface area contributed by atoms with Crippen LogP contribution in [0.4, 0.5) is 17.1 Å². The van der Waals surface area contributed by atoms with Crippen LogP contribution in [-0.4, -0.2) is 21.5 Å². The molecule has 0 saturated heterocycles. The van der Waals surface area contributed by atoms with Gasteiger partial charge in [0.1, 0.15) is 5.69 Å². The van der Waals surface area contributed by atoms with E-state index in [1.807, 2.05) is 24.3 Å². The lowest BCUT2D eigenvalue weighted by Crippen LogP contribution is -2.07. The predicted octanol–water partition coefficient (Wildman–Crippen LogP) is 2.65. The number of nitrogens with one attached hydrogen (secondary N) is 1. The Balaban J connectivity index is 2.04. The molecular weight excluding hydrogens is 302 g/mol. The number of benzene rings is 2. The first-order chi connectivity index (χ1) is 11.0. The zero-order valence-electron chi connectivity index (χ0n) is 12.1. The topological polar surface area (TPSA) is 119 Å². The smallest absolute Gasteiger partial charge is 0.299 e. The largest absolute Gasteiger partial charge is 0.392 e. The highest BCUT2D eigenvalue weighted by Gasteiger charge is 2.18. The van der Waals surface area contributed by atoms with Crippen LogP contribution in [0.25, 0.3) is 0 Å². The number of nitro benzene ring substituents is 2. The molecule has 2 aromatic carbocycles. The van der Waals surface area contributed by atoms with Crippen LogP contribution >= 0.6 is 0 Å². The van der Waals surface area contributed by atoms with E-state index in [0.29, 0.717) is 13.0 Å². The lowest BCUT2D eigenvalue weighted by molar-refractivity contribution is -0.393. The van der Waals surface area contributed by atoms with E-state index in [2.05, 4.69) is 5.32 Å². The Hall–Kier alpha value is -3.00. The van der Waals surface area contributed by atoms with Gasteiger partial charge in [-0.1, -0.05) is 24.3 Å². The van der Waals surface area contributed by atoms with Gasteiger partial charge in [0.15, 0.2) is 0 Å². The number of hydrogen-bond donors (Lipinski definition) is 2. The molecule has 8 heteroatoms. The van der Waals surface area contributed by atoms with Gasteiger partial charge in [-0.15, -0.1) is 0 Å². The number of nitro groups is 2. The highest BCUT2D eigenvalue weighted by atomic mass is 16.6. The summed E-state index contributed by atoms with van der Waals surface area (Å²) < 4.78 is 0. The van der Waals surface area contributed by atoms with Gasteiger partial charge in [-0.25, -0.2) is 0 Å². The van der Waals surface area contributed by atoms with Gasteiger partial charge in [-0.3, -0.25) is 20.2 Å². The first kappa shape index (κ1) is 16.4. The fraction of sp³-hybridized carbons (Fsp3) is 0.200. The first-order valence-electron chi connectivity index (χ1n) is 6.86. The van der Waals surface area contributed by atoms with E-state index >= 15 is 0 Å². The number of nitrogens with zero attached hydrogens (tertiary/aromatic N) is 2. The van der Waals surface area contributed by atoms with Crippen molar-refractivity contribution in [3.05, 3.63) is 73.8 Å². The molecule has 120 valence electrons. The van der Waals surface area contributed by atoms with Crippen LogP contribution in [0.15, 0.2) is 42.5 Å². The second-order valence-corrected chi connectivity index (χ2v) is 4.87. The van der Waals surface area contributed by atoms with Crippen molar-refractivity contribution < 1.29 is 15.0 Å². The van der Waals surface area contributed by atoms with Crippen LogP contribution in [0.2, 0.25) is 0 Å². The monoisotopic (exact) mass is 317 g/mol. The quantitative estimate of drug-likeness (QED) is 0.598. The van der Waals surface area contributed by atoms with Crippen LogP contribution in [0.1, 0.15) is 11.1 Å². The Morgan fingerprint density at radius 3 is 2.17 bits per heavy atom. The summed E-state index contributed by atoms with van der Waals surface area (Å²) in [7, 11) is 0. The summed E-state index contributed by atoms with van der Waals surface area (Å²) in [5.74, 6) is 0. The minimum atomic E-state index is -0.667. The molecule has 23 heavy (non-hydrogen) atoms. The molecule has 0 amide bonds. The number of hydrogen-bond acceptors (Lipinski definition) is 6. The number of aliphatic hydroxyl groups excluding tert-OH is 1. The van der Waals surface area contributed by atoms with E-state index in [1.165, 1.54) is 12.1 Å². The highest BCUT2D eigenvalue weighted by Crippen LogP contribution is 2.28. The van der Waals surface area contributed by atoms with Gasteiger partial charge in [0.25, 0.3) is 11.4 Å². The fourth-order valence-electron chi connectivity index (χ4n) is 2.09. The number of aliphatic hydroxyl groups is 1. The minimum Gasteiger partial charge on any atom is -0.392 e. The van der Waals surface area contributed by atoms with Gasteiger partial charge >= 0.3 is 0 Å². The van der Waals surface area contributed by atoms with Crippen molar-refractivity contribution in [2.45, 2.75) is 13.0 Å². The third kappa shape index (κ3) is 4.24. The summed E-state index contributed by atoms with van der Waals surface area (Å²) in [5.41, 5.74) is 1.43. The first-order valence-corrected chi connectivity index (χ1v) is 6.86. The summed E-state index contributed by atoms with van der Waals surface area (Å²) >= 11 is 0. The molecule has 8 nitrogen and oxygen atoms in total. The molecule has 0 atom stereocenters. The van der Waals surface area contributed by atoms with E-state index in [0.717, 1.165) is 17.2 Å². The maximum atomic E-state index is 11.0. The molecule has 0 heterocycles. The molecule has 0 saturated carbocycles. The van der Waals surface area contributed by atoms with Crippen LogP contribution in [0, 0.1) is 20.2 Å². The molecule has 0 bridgehead atoms. The van der Waals surface area contributed by atoms with Gasteiger partial charge in [0.05, 0.1) is 22.5 Å². The van der Waals surface area contributed by atoms with Crippen LogP contribution in [0.3, 0.4) is 0 Å². The zero-order valence-corrected chi connectivity index (χ0v) is 12.1. The van der Waals surface area contributed by atoms with Gasteiger partial charge in [-0.2, -0.15) is 0 Å². The van der Waals surface area contributed by atoms with Crippen molar-refractivity contribution >= 4 is 17.1 Å². The van der Waals surface area contributed by atoms with Gasteiger partial charge < -0.3 is 10.4 Å². The molecule has 2 aromatic rings. The molecule has 2 N–H and O–H groups in total. The van der Waals surface area contributed by atoms with Gasteiger partial charge in [-0.05, 0) is 23.6 Å². The van der Waals surface area contributed by atoms with Crippen molar-refractivity contribution in [2.24, 2.45) is 0 Å². The summed E-state index contributed by atoms with van der Waals surface area (Å²) in [6, 6.07) is 10.9. The van der Waals surface area contributed by atoms with Crippen LogP contribution < -0.4 is 5.32 Å². The molecule has 0 radical (unpaired) electrons. The molecule has 0 spiro atoms. The van der Waals surface area contributed by atoms with Crippen LogP contribution in [-0.2, 0) is 13.0 Å². The lowest BCUT2D eigenvalue weighted by Gasteiger charge is -2.07. The van der Waals surface area contributed by atoms with E-state index in [1.54, 1.807) is 0 Å². The van der Waals surface area contributed by atoms with Crippen molar-refractivity contribution in [1.82, 2.24) is 0 Å². The normalized spacial score (nSPS) is 10.3. The molecule has 0 aliphatic rings. The van der Waals surface area contributed by atoms with E-state index in [4.69, 9.17) is 5.11 Å². The fourth-order valence-corrected chi connectivity index (χ4v) is 2.09. The number of non-ortho nitro benzene ring substituents is 1. The molecular formula is C15H15N3O5. The zero-order chi connectivity index (χ0) is 16.8. The van der Waals surface area contributed by atoms with Crippen molar-refractivity contribution in [2.75, 3.05) is 11.9 Å². The molecule has 2 rings (SSSR count). The van der Waals surface area contributed by atoms with E-state index < -0.39 is 9.85 Å². The summed E-state index contributed by atoms with van der Waals surface area (Å²) in [5, 5.41) is 33.6. The van der Waals surface area contributed by atoms with E-state index in [9.17, 15) is 20.2 Å². The SMILES string of the molecule is O=[N+]([O-])c1ccc(NCCc2ccc(CO)cc2)c([N+](=O)[O-])c1. The van der Waals surface area contributed by atoms with Crippen molar-refractivity contribution in [3.63, 3.8) is 0 Å². The highest BCUT2D eigenvalue weighted by molar-refractivity contribution is 5.65. The molecule has 0 aromatic heterocycles. The minimum absolute atomic E-state index is 0.0203. The molecule has 0 fully saturated rings. The van der Waals surface area contributed by atoms with Gasteiger partial charge in [0, 0.05) is 12.6 Å². The van der Waals surface area contributed by atoms with Crippen LogP contribution in [0.5, 0.6) is 0 Å². The second-order valence-electron chi connectivity index (χ2n) is 4.87.